The third-order valence-electron chi connectivity index (χ3n) is 4.68. The van der Waals surface area contributed by atoms with E-state index in [1.54, 1.807) is 36.4 Å². The molecule has 2 aromatic rings. The van der Waals surface area contributed by atoms with Gasteiger partial charge < -0.3 is 14.2 Å². The zero-order valence-corrected chi connectivity index (χ0v) is 19.5. The van der Waals surface area contributed by atoms with E-state index in [0.717, 1.165) is 10.0 Å². The lowest BCUT2D eigenvalue weighted by atomic mass is 10.1. The molecule has 0 aliphatic carbocycles. The monoisotopic (exact) mass is 501 g/mol. The second kappa shape index (κ2) is 10.9. The smallest absolute Gasteiger partial charge is 0.330 e. The van der Waals surface area contributed by atoms with E-state index < -0.39 is 5.97 Å². The van der Waals surface area contributed by atoms with Gasteiger partial charge in [0.15, 0.2) is 11.5 Å². The van der Waals surface area contributed by atoms with Gasteiger partial charge in [0.1, 0.15) is 0 Å². The first-order valence-corrected chi connectivity index (χ1v) is 11.1. The Bertz CT molecular complexity index is 1050. The molecular formula is C24H24BrNO6. The number of hydrogen-bond donors (Lipinski definition) is 0. The number of rotatable bonds is 10. The fourth-order valence-electron chi connectivity index (χ4n) is 3.25. The molecule has 0 bridgehead atoms. The van der Waals surface area contributed by atoms with Crippen molar-refractivity contribution in [2.45, 2.75) is 20.3 Å². The molecule has 1 aliphatic heterocycles. The number of esters is 1. The summed E-state index contributed by atoms with van der Waals surface area (Å²) in [7, 11) is 0. The van der Waals surface area contributed by atoms with Crippen LogP contribution in [-0.2, 0) is 9.53 Å². The molecule has 3 rings (SSSR count). The summed E-state index contributed by atoms with van der Waals surface area (Å²) in [6.45, 7) is 5.08. The quantitative estimate of drug-likeness (QED) is 0.206. The van der Waals surface area contributed by atoms with Gasteiger partial charge in [-0.1, -0.05) is 22.0 Å². The molecule has 32 heavy (non-hydrogen) atoms. The first kappa shape index (κ1) is 23.5. The Balaban J connectivity index is 1.49. The zero-order valence-electron chi connectivity index (χ0n) is 17.9. The maximum Gasteiger partial charge on any atom is 0.330 e. The van der Waals surface area contributed by atoms with E-state index in [9.17, 15) is 14.4 Å². The molecule has 2 amide bonds. The van der Waals surface area contributed by atoms with Crippen LogP contribution in [0.1, 0.15) is 46.5 Å². The van der Waals surface area contributed by atoms with Crippen molar-refractivity contribution < 1.29 is 28.6 Å². The van der Waals surface area contributed by atoms with Crippen LogP contribution in [0.2, 0.25) is 0 Å². The van der Waals surface area contributed by atoms with E-state index in [-0.39, 0.29) is 25.0 Å². The molecule has 8 heteroatoms. The minimum Gasteiger partial charge on any atom is -0.490 e. The van der Waals surface area contributed by atoms with Crippen molar-refractivity contribution in [3.8, 4) is 11.5 Å². The molecule has 7 nitrogen and oxygen atoms in total. The van der Waals surface area contributed by atoms with E-state index in [2.05, 4.69) is 15.9 Å². The van der Waals surface area contributed by atoms with Gasteiger partial charge in [-0.25, -0.2) is 4.79 Å². The number of ether oxygens (including phenoxy) is 3. The van der Waals surface area contributed by atoms with Crippen LogP contribution in [0.15, 0.2) is 46.9 Å². The van der Waals surface area contributed by atoms with Gasteiger partial charge in [0.25, 0.3) is 11.8 Å². The largest absolute Gasteiger partial charge is 0.490 e. The summed E-state index contributed by atoms with van der Waals surface area (Å²) in [6.07, 6.45) is 3.30. The Labute approximate surface area is 195 Å². The second-order valence-electron chi connectivity index (χ2n) is 6.88. The van der Waals surface area contributed by atoms with E-state index >= 15 is 0 Å². The third-order valence-corrected chi connectivity index (χ3v) is 5.18. The Kier molecular flexibility index (Phi) is 8.05. The van der Waals surface area contributed by atoms with Crippen LogP contribution in [0, 0.1) is 0 Å². The van der Waals surface area contributed by atoms with Crippen molar-refractivity contribution >= 4 is 39.8 Å². The SMILES string of the molecule is CCOc1ccc(/C=C/C(=O)OCCCN2C(=O)c3ccc(Br)cc3C2=O)cc1OCC. The molecule has 0 N–H and O–H groups in total. The fourth-order valence-corrected chi connectivity index (χ4v) is 3.61. The van der Waals surface area contributed by atoms with Crippen LogP contribution in [0.4, 0.5) is 0 Å². The molecule has 1 heterocycles. The number of benzene rings is 2. The second-order valence-corrected chi connectivity index (χ2v) is 7.79. The van der Waals surface area contributed by atoms with Crippen molar-refractivity contribution in [2.24, 2.45) is 0 Å². The molecule has 0 saturated heterocycles. The minimum atomic E-state index is -0.511. The predicted molar refractivity (Wildman–Crippen MR) is 123 cm³/mol. The van der Waals surface area contributed by atoms with Crippen molar-refractivity contribution in [3.05, 3.63) is 63.6 Å². The Morgan fingerprint density at radius 1 is 0.969 bits per heavy atom. The normalized spacial score (nSPS) is 12.9. The van der Waals surface area contributed by atoms with Crippen LogP contribution >= 0.6 is 15.9 Å². The number of imide groups is 1. The molecule has 0 saturated carbocycles. The van der Waals surface area contributed by atoms with Gasteiger partial charge in [-0.2, -0.15) is 0 Å². The summed E-state index contributed by atoms with van der Waals surface area (Å²) in [5.41, 5.74) is 1.54. The summed E-state index contributed by atoms with van der Waals surface area (Å²) in [6, 6.07) is 10.4. The molecule has 0 aromatic heterocycles. The third kappa shape index (κ3) is 5.56. The number of amides is 2. The highest BCUT2D eigenvalue weighted by Crippen LogP contribution is 2.29. The van der Waals surface area contributed by atoms with Crippen molar-refractivity contribution in [3.63, 3.8) is 0 Å². The summed E-state index contributed by atoms with van der Waals surface area (Å²) in [5.74, 6) is 0.0815. The standard InChI is InChI=1S/C24H24BrNO6/c1-3-30-20-10-6-16(14-21(20)31-4-2)7-11-22(27)32-13-5-12-26-23(28)18-9-8-17(25)15-19(18)24(26)29/h6-11,14-15H,3-5,12-13H2,1-2H3/b11-7+. The Morgan fingerprint density at radius 2 is 1.69 bits per heavy atom. The maximum atomic E-state index is 12.4. The first-order valence-electron chi connectivity index (χ1n) is 10.3. The molecule has 1 aliphatic rings. The molecule has 0 unspecified atom stereocenters. The maximum absolute atomic E-state index is 12.4. The van der Waals surface area contributed by atoms with Gasteiger partial charge >= 0.3 is 5.97 Å². The van der Waals surface area contributed by atoms with E-state index in [0.29, 0.717) is 42.3 Å². The van der Waals surface area contributed by atoms with Crippen LogP contribution in [-0.4, -0.2) is 49.0 Å². The lowest BCUT2D eigenvalue weighted by molar-refractivity contribution is -0.137. The molecule has 0 spiro atoms. The summed E-state index contributed by atoms with van der Waals surface area (Å²) >= 11 is 3.31. The van der Waals surface area contributed by atoms with Gasteiger partial charge in [-0.3, -0.25) is 14.5 Å². The average molecular weight is 502 g/mol. The minimum absolute atomic E-state index is 0.0910. The fraction of sp³-hybridized carbons (Fsp3) is 0.292. The van der Waals surface area contributed by atoms with E-state index in [1.165, 1.54) is 11.0 Å². The summed E-state index contributed by atoms with van der Waals surface area (Å²) < 4.78 is 17.0. The first-order chi connectivity index (χ1) is 15.4. The van der Waals surface area contributed by atoms with Crippen LogP contribution in [0.3, 0.4) is 0 Å². The van der Waals surface area contributed by atoms with Crippen molar-refractivity contribution in [1.82, 2.24) is 4.90 Å². The number of halogens is 1. The highest BCUT2D eigenvalue weighted by Gasteiger charge is 2.35. The molecular weight excluding hydrogens is 478 g/mol. The molecule has 0 radical (unpaired) electrons. The number of hydrogen-bond acceptors (Lipinski definition) is 6. The van der Waals surface area contributed by atoms with Crippen LogP contribution in [0.5, 0.6) is 11.5 Å². The average Bonchev–Trinajstić information content (AvgIpc) is 3.01. The van der Waals surface area contributed by atoms with E-state index in [4.69, 9.17) is 14.2 Å². The van der Waals surface area contributed by atoms with Gasteiger partial charge in [0.2, 0.25) is 0 Å². The van der Waals surface area contributed by atoms with Gasteiger partial charge in [0, 0.05) is 17.1 Å². The summed E-state index contributed by atoms with van der Waals surface area (Å²) in [4.78, 5) is 38.0. The lowest BCUT2D eigenvalue weighted by Gasteiger charge is -2.13. The number of carbonyl (C=O) groups excluding carboxylic acids is 3. The van der Waals surface area contributed by atoms with Crippen LogP contribution in [0.25, 0.3) is 6.08 Å². The summed E-state index contributed by atoms with van der Waals surface area (Å²) in [5, 5.41) is 0. The Hall–Kier alpha value is -3.13. The molecule has 0 atom stereocenters. The zero-order chi connectivity index (χ0) is 23.1. The van der Waals surface area contributed by atoms with Gasteiger partial charge in [-0.05, 0) is 62.2 Å². The number of nitrogens with zero attached hydrogens (tertiary/aromatic N) is 1. The predicted octanol–water partition coefficient (Wildman–Crippen LogP) is 4.49. The van der Waals surface area contributed by atoms with Crippen LogP contribution < -0.4 is 9.47 Å². The highest BCUT2D eigenvalue weighted by molar-refractivity contribution is 9.10. The number of fused-ring (bicyclic) bond motifs is 1. The van der Waals surface area contributed by atoms with Gasteiger partial charge in [0.05, 0.1) is 30.9 Å². The molecule has 2 aromatic carbocycles. The van der Waals surface area contributed by atoms with E-state index in [1.807, 2.05) is 19.9 Å². The molecule has 0 fully saturated rings. The topological polar surface area (TPSA) is 82.1 Å². The Morgan fingerprint density at radius 3 is 2.44 bits per heavy atom. The van der Waals surface area contributed by atoms with Gasteiger partial charge in [-0.15, -0.1) is 0 Å². The number of carbonyl (C=O) groups is 3. The molecule has 168 valence electrons. The van der Waals surface area contributed by atoms with Crippen molar-refractivity contribution in [2.75, 3.05) is 26.4 Å². The highest BCUT2D eigenvalue weighted by atomic mass is 79.9. The van der Waals surface area contributed by atoms with Crippen molar-refractivity contribution in [1.29, 1.82) is 0 Å². The lowest BCUT2D eigenvalue weighted by Crippen LogP contribution is -2.31.